The van der Waals surface area contributed by atoms with Crippen LogP contribution in [0.4, 0.5) is 16.2 Å². The number of urea groups is 1. The van der Waals surface area contributed by atoms with Crippen molar-refractivity contribution in [2.24, 2.45) is 0 Å². The highest BCUT2D eigenvalue weighted by Crippen LogP contribution is 2.32. The van der Waals surface area contributed by atoms with Crippen LogP contribution >= 0.6 is 0 Å². The molecule has 0 saturated carbocycles. The Kier molecular flexibility index (Phi) is 6.50. The van der Waals surface area contributed by atoms with Crippen LogP contribution in [0.1, 0.15) is 33.3 Å². The molecule has 0 spiro atoms. The van der Waals surface area contributed by atoms with Gasteiger partial charge in [0, 0.05) is 44.5 Å². The maximum absolute atomic E-state index is 12.6. The van der Waals surface area contributed by atoms with Gasteiger partial charge in [-0.3, -0.25) is 9.78 Å². The van der Waals surface area contributed by atoms with Crippen molar-refractivity contribution in [1.29, 1.82) is 0 Å². The van der Waals surface area contributed by atoms with Gasteiger partial charge in [0.25, 0.3) is 0 Å². The molecule has 0 unspecified atom stereocenters. The molecule has 7 nitrogen and oxygen atoms in total. The highest BCUT2D eigenvalue weighted by atomic mass is 17.2. The quantitative estimate of drug-likeness (QED) is 0.603. The smallest absolute Gasteiger partial charge is 0.352 e. The number of hydrogen-bond donors (Lipinski definition) is 1. The number of hydrogen-bond acceptors (Lipinski definition) is 5. The van der Waals surface area contributed by atoms with Crippen molar-refractivity contribution in [3.63, 3.8) is 0 Å². The molecule has 30 heavy (non-hydrogen) atoms. The van der Waals surface area contributed by atoms with E-state index in [2.05, 4.69) is 60.1 Å². The first-order valence-electron chi connectivity index (χ1n) is 10.1. The predicted molar refractivity (Wildman–Crippen MR) is 117 cm³/mol. The van der Waals surface area contributed by atoms with Gasteiger partial charge in [0.2, 0.25) is 0 Å². The lowest BCUT2D eigenvalue weighted by Crippen LogP contribution is -2.50. The number of rotatable bonds is 4. The Morgan fingerprint density at radius 1 is 0.933 bits per heavy atom. The number of anilines is 2. The zero-order chi connectivity index (χ0) is 21.7. The van der Waals surface area contributed by atoms with Gasteiger partial charge >= 0.3 is 12.0 Å². The van der Waals surface area contributed by atoms with Crippen LogP contribution in [0.3, 0.4) is 0 Å². The van der Waals surface area contributed by atoms with Gasteiger partial charge < -0.3 is 15.1 Å². The van der Waals surface area contributed by atoms with Crippen molar-refractivity contribution in [1.82, 2.24) is 4.90 Å². The zero-order valence-corrected chi connectivity index (χ0v) is 18.0. The summed E-state index contributed by atoms with van der Waals surface area (Å²) >= 11 is 0. The molecule has 1 aliphatic heterocycles. The fourth-order valence-corrected chi connectivity index (χ4v) is 3.44. The fourth-order valence-electron chi connectivity index (χ4n) is 3.44. The van der Waals surface area contributed by atoms with Gasteiger partial charge in [0.05, 0.1) is 0 Å². The lowest BCUT2D eigenvalue weighted by Gasteiger charge is -2.38. The number of piperazine rings is 1. The highest BCUT2D eigenvalue weighted by molar-refractivity contribution is 5.89. The molecular formula is C23H29N3O4. The van der Waals surface area contributed by atoms with Crippen molar-refractivity contribution in [2.75, 3.05) is 36.4 Å². The van der Waals surface area contributed by atoms with Crippen molar-refractivity contribution in [2.45, 2.75) is 33.1 Å². The van der Waals surface area contributed by atoms with Crippen molar-refractivity contribution >= 4 is 23.4 Å². The van der Waals surface area contributed by atoms with E-state index < -0.39 is 5.97 Å². The van der Waals surface area contributed by atoms with Gasteiger partial charge in [-0.25, -0.2) is 9.59 Å². The average Bonchev–Trinajstić information content (AvgIpc) is 2.72. The van der Waals surface area contributed by atoms with E-state index in [1.54, 1.807) is 24.3 Å². The SMILES string of the molecule is CC(=O)OOc1ccc(NC(=O)N2CCN(c3ccccc3C(C)(C)C)CC2)cc1. The van der Waals surface area contributed by atoms with E-state index in [1.165, 1.54) is 18.2 Å². The molecule has 2 amide bonds. The molecule has 7 heteroatoms. The Balaban J connectivity index is 1.55. The van der Waals surface area contributed by atoms with Crippen molar-refractivity contribution < 1.29 is 19.4 Å². The van der Waals surface area contributed by atoms with Crippen LogP contribution < -0.4 is 15.1 Å². The summed E-state index contributed by atoms with van der Waals surface area (Å²) in [6.07, 6.45) is 0. The molecule has 1 N–H and O–H groups in total. The second-order valence-electron chi connectivity index (χ2n) is 8.35. The Bertz CT molecular complexity index is 882. The van der Waals surface area contributed by atoms with Crippen LogP contribution in [0.2, 0.25) is 0 Å². The molecule has 0 bridgehead atoms. The van der Waals surface area contributed by atoms with Crippen LogP contribution in [0.5, 0.6) is 5.75 Å². The fraction of sp³-hybridized carbons (Fsp3) is 0.391. The van der Waals surface area contributed by atoms with E-state index in [1.807, 2.05) is 4.90 Å². The third-order valence-electron chi connectivity index (χ3n) is 4.98. The number of carbonyl (C=O) groups excluding carboxylic acids is 2. The standard InChI is InChI=1S/C23H29N3O4/c1-17(27)29-30-19-11-9-18(10-12-19)24-22(28)26-15-13-25(14-16-26)21-8-6-5-7-20(21)23(2,3)4/h5-12H,13-16H2,1-4H3,(H,24,28). The minimum atomic E-state index is -0.531. The van der Waals surface area contributed by atoms with E-state index in [0.717, 1.165) is 13.1 Å². The van der Waals surface area contributed by atoms with E-state index in [-0.39, 0.29) is 11.4 Å². The number of amides is 2. The van der Waals surface area contributed by atoms with Crippen LogP contribution in [0, 0.1) is 0 Å². The molecule has 160 valence electrons. The Morgan fingerprint density at radius 3 is 2.17 bits per heavy atom. The van der Waals surface area contributed by atoms with Crippen molar-refractivity contribution in [3.8, 4) is 5.75 Å². The first-order valence-corrected chi connectivity index (χ1v) is 10.1. The second kappa shape index (κ2) is 9.07. The molecule has 3 rings (SSSR count). The van der Waals surface area contributed by atoms with Crippen LogP contribution in [0.15, 0.2) is 48.5 Å². The van der Waals surface area contributed by atoms with E-state index in [4.69, 9.17) is 4.89 Å². The minimum absolute atomic E-state index is 0.0659. The number of para-hydroxylation sites is 1. The van der Waals surface area contributed by atoms with Crippen LogP contribution in [0.25, 0.3) is 0 Å². The third kappa shape index (κ3) is 5.43. The second-order valence-corrected chi connectivity index (χ2v) is 8.35. The van der Waals surface area contributed by atoms with Gasteiger partial charge in [-0.2, -0.15) is 0 Å². The monoisotopic (exact) mass is 411 g/mol. The molecule has 1 aliphatic rings. The summed E-state index contributed by atoms with van der Waals surface area (Å²) in [5, 5.41) is 2.90. The van der Waals surface area contributed by atoms with E-state index in [0.29, 0.717) is 24.5 Å². The first kappa shape index (κ1) is 21.5. The Hall–Kier alpha value is -3.22. The molecule has 0 radical (unpaired) electrons. The Morgan fingerprint density at radius 2 is 1.57 bits per heavy atom. The molecule has 2 aromatic rings. The molecule has 0 aromatic heterocycles. The first-order chi connectivity index (χ1) is 14.2. The van der Waals surface area contributed by atoms with Gasteiger partial charge in [0.15, 0.2) is 5.75 Å². The number of benzene rings is 2. The molecule has 1 fully saturated rings. The molecule has 0 atom stereocenters. The highest BCUT2D eigenvalue weighted by Gasteiger charge is 2.25. The minimum Gasteiger partial charge on any atom is -0.368 e. The molecule has 1 heterocycles. The zero-order valence-electron chi connectivity index (χ0n) is 18.0. The topological polar surface area (TPSA) is 71.1 Å². The van der Waals surface area contributed by atoms with E-state index in [9.17, 15) is 9.59 Å². The summed E-state index contributed by atoms with van der Waals surface area (Å²) in [5.41, 5.74) is 3.28. The molecule has 0 aliphatic carbocycles. The van der Waals surface area contributed by atoms with E-state index >= 15 is 0 Å². The third-order valence-corrected chi connectivity index (χ3v) is 4.98. The van der Waals surface area contributed by atoms with Crippen molar-refractivity contribution in [3.05, 3.63) is 54.1 Å². The van der Waals surface area contributed by atoms with Crippen LogP contribution in [-0.2, 0) is 15.1 Å². The number of nitrogens with zero attached hydrogens (tertiary/aromatic N) is 2. The summed E-state index contributed by atoms with van der Waals surface area (Å²) in [6.45, 7) is 10.8. The predicted octanol–water partition coefficient (Wildman–Crippen LogP) is 4.20. The molecule has 1 saturated heterocycles. The van der Waals surface area contributed by atoms with Gasteiger partial charge in [-0.1, -0.05) is 39.0 Å². The normalized spacial score (nSPS) is 14.3. The van der Waals surface area contributed by atoms with Gasteiger partial charge in [0.1, 0.15) is 0 Å². The van der Waals surface area contributed by atoms with Gasteiger partial charge in [-0.05, 0) is 41.3 Å². The summed E-state index contributed by atoms with van der Waals surface area (Å²) in [7, 11) is 0. The summed E-state index contributed by atoms with van der Waals surface area (Å²) in [6, 6.07) is 15.0. The van der Waals surface area contributed by atoms with Crippen LogP contribution in [-0.4, -0.2) is 43.1 Å². The Labute approximate surface area is 177 Å². The maximum atomic E-state index is 12.6. The lowest BCUT2D eigenvalue weighted by molar-refractivity contribution is -0.210. The summed E-state index contributed by atoms with van der Waals surface area (Å²) in [5.74, 6) is -0.147. The number of nitrogens with one attached hydrogen (secondary N) is 1. The molecular weight excluding hydrogens is 382 g/mol. The maximum Gasteiger partial charge on any atom is 0.352 e. The lowest BCUT2D eigenvalue weighted by atomic mass is 9.85. The molecule has 2 aromatic carbocycles. The largest absolute Gasteiger partial charge is 0.368 e. The summed E-state index contributed by atoms with van der Waals surface area (Å²) in [4.78, 5) is 36.9. The summed E-state index contributed by atoms with van der Waals surface area (Å²) < 4.78 is 0. The van der Waals surface area contributed by atoms with Gasteiger partial charge in [-0.15, -0.1) is 0 Å². The number of carbonyl (C=O) groups is 2. The average molecular weight is 412 g/mol.